The predicted molar refractivity (Wildman–Crippen MR) is 118 cm³/mol. The molecule has 2 amide bonds. The van der Waals surface area contributed by atoms with Crippen LogP contribution in [0, 0.1) is 11.3 Å². The summed E-state index contributed by atoms with van der Waals surface area (Å²) in [5, 5.41) is 2.94. The molecule has 1 saturated heterocycles. The maximum Gasteiger partial charge on any atom is 0.407 e. The van der Waals surface area contributed by atoms with Crippen LogP contribution in [0.5, 0.6) is 0 Å². The number of carbonyl (C=O) groups is 2. The Morgan fingerprint density at radius 3 is 2.34 bits per heavy atom. The molecule has 0 radical (unpaired) electrons. The zero-order valence-corrected chi connectivity index (χ0v) is 19.6. The second kappa shape index (κ2) is 8.29. The van der Waals surface area contributed by atoms with E-state index in [4.69, 9.17) is 4.74 Å². The quantitative estimate of drug-likeness (QED) is 0.730. The van der Waals surface area contributed by atoms with Gasteiger partial charge in [0.05, 0.1) is 4.88 Å². The minimum Gasteiger partial charge on any atom is -0.444 e. The Labute approximate surface area is 179 Å². The molecule has 0 saturated carbocycles. The van der Waals surface area contributed by atoms with E-state index in [0.29, 0.717) is 24.4 Å². The highest BCUT2D eigenvalue weighted by Crippen LogP contribution is 2.40. The van der Waals surface area contributed by atoms with E-state index in [9.17, 15) is 9.59 Å². The number of hydrogen-bond donors (Lipinski definition) is 1. The van der Waals surface area contributed by atoms with E-state index < -0.39 is 5.60 Å². The molecule has 1 aromatic heterocycles. The number of amides is 2. The zero-order valence-electron chi connectivity index (χ0n) is 18.8. The molecule has 3 rings (SSSR count). The highest BCUT2D eigenvalue weighted by molar-refractivity contribution is 7.14. The van der Waals surface area contributed by atoms with Crippen molar-refractivity contribution in [2.24, 2.45) is 11.3 Å². The lowest BCUT2D eigenvalue weighted by atomic mass is 9.72. The molecular formula is C23H36N2O3S. The first-order valence-electron chi connectivity index (χ1n) is 10.8. The number of aryl methyl sites for hydroxylation is 1. The number of fused-ring (bicyclic) bond motifs is 1. The Morgan fingerprint density at radius 1 is 1.10 bits per heavy atom. The van der Waals surface area contributed by atoms with Crippen molar-refractivity contribution in [3.05, 3.63) is 21.4 Å². The lowest BCUT2D eigenvalue weighted by Gasteiger charge is -2.33. The first-order chi connectivity index (χ1) is 13.4. The number of thiophene rings is 1. The van der Waals surface area contributed by atoms with Crippen LogP contribution in [0.25, 0.3) is 0 Å². The molecule has 6 heteroatoms. The molecule has 29 heavy (non-hydrogen) atoms. The van der Waals surface area contributed by atoms with E-state index in [1.165, 1.54) is 16.9 Å². The van der Waals surface area contributed by atoms with Crippen molar-refractivity contribution in [3.8, 4) is 0 Å². The van der Waals surface area contributed by atoms with Gasteiger partial charge in [0.1, 0.15) is 5.60 Å². The number of hydrogen-bond acceptors (Lipinski definition) is 4. The molecule has 1 aliphatic carbocycles. The van der Waals surface area contributed by atoms with E-state index >= 15 is 0 Å². The van der Waals surface area contributed by atoms with Crippen LogP contribution >= 0.6 is 11.3 Å². The lowest BCUT2D eigenvalue weighted by molar-refractivity contribution is 0.0474. The molecule has 1 aromatic rings. The number of rotatable bonds is 2. The summed E-state index contributed by atoms with van der Waals surface area (Å²) in [5.41, 5.74) is 1.20. The molecule has 2 heterocycles. The third-order valence-electron chi connectivity index (χ3n) is 6.02. The normalized spacial score (nSPS) is 20.9. The van der Waals surface area contributed by atoms with Crippen LogP contribution < -0.4 is 5.32 Å². The van der Waals surface area contributed by atoms with Gasteiger partial charge in [0.2, 0.25) is 0 Å². The Balaban J connectivity index is 1.54. The third kappa shape index (κ3) is 5.74. The van der Waals surface area contributed by atoms with E-state index in [1.54, 1.807) is 11.3 Å². The highest BCUT2D eigenvalue weighted by Gasteiger charge is 2.32. The molecule has 1 unspecified atom stereocenters. The van der Waals surface area contributed by atoms with Crippen LogP contribution in [0.15, 0.2) is 6.07 Å². The SMILES string of the molecule is CC(C)(C)OC(=O)NC1CCN(C(=O)c2cc3c(s2)CCC(C(C)(C)C)C3)CC1. The molecule has 1 aliphatic heterocycles. The number of ether oxygens (including phenoxy) is 1. The standard InChI is InChI=1S/C23H36N2O3S/c1-22(2,3)16-7-8-18-15(13-16)14-19(29-18)20(26)25-11-9-17(10-12-25)24-21(27)28-23(4,5)6/h14,16-17H,7-13H2,1-6H3,(H,24,27). The summed E-state index contributed by atoms with van der Waals surface area (Å²) in [6.45, 7) is 13.9. The molecular weight excluding hydrogens is 384 g/mol. The minimum absolute atomic E-state index is 0.0676. The molecule has 162 valence electrons. The fourth-order valence-electron chi connectivity index (χ4n) is 4.23. The molecule has 5 nitrogen and oxygen atoms in total. The second-order valence-corrected chi connectivity index (χ2v) is 11.7. The summed E-state index contributed by atoms with van der Waals surface area (Å²) < 4.78 is 5.33. The maximum atomic E-state index is 13.0. The first kappa shape index (κ1) is 22.1. The molecule has 0 aromatic carbocycles. The fraction of sp³-hybridized carbons (Fsp3) is 0.739. The first-order valence-corrected chi connectivity index (χ1v) is 11.6. The van der Waals surface area contributed by atoms with Gasteiger partial charge >= 0.3 is 6.09 Å². The molecule has 2 aliphatic rings. The van der Waals surface area contributed by atoms with Crippen molar-refractivity contribution in [2.45, 2.75) is 85.3 Å². The van der Waals surface area contributed by atoms with Crippen molar-refractivity contribution in [3.63, 3.8) is 0 Å². The van der Waals surface area contributed by atoms with Crippen molar-refractivity contribution in [1.29, 1.82) is 0 Å². The van der Waals surface area contributed by atoms with Crippen molar-refractivity contribution < 1.29 is 14.3 Å². The maximum absolute atomic E-state index is 13.0. The summed E-state index contributed by atoms with van der Waals surface area (Å²) >= 11 is 1.69. The van der Waals surface area contributed by atoms with Crippen LogP contribution in [0.4, 0.5) is 4.79 Å². The largest absolute Gasteiger partial charge is 0.444 e. The van der Waals surface area contributed by atoms with E-state index in [1.807, 2.05) is 25.7 Å². The van der Waals surface area contributed by atoms with E-state index in [2.05, 4.69) is 32.2 Å². The molecule has 1 fully saturated rings. The molecule has 1 atom stereocenters. The fourth-order valence-corrected chi connectivity index (χ4v) is 5.40. The van der Waals surface area contributed by atoms with Gasteiger partial charge in [-0.3, -0.25) is 4.79 Å². The Bertz CT molecular complexity index is 749. The number of nitrogens with zero attached hydrogens (tertiary/aromatic N) is 1. The zero-order chi connectivity index (χ0) is 21.4. The van der Waals surface area contributed by atoms with Gasteiger partial charge in [0.15, 0.2) is 0 Å². The number of carbonyl (C=O) groups excluding carboxylic acids is 2. The minimum atomic E-state index is -0.495. The van der Waals surface area contributed by atoms with Gasteiger partial charge in [0.25, 0.3) is 5.91 Å². The van der Waals surface area contributed by atoms with Crippen LogP contribution in [-0.2, 0) is 17.6 Å². The van der Waals surface area contributed by atoms with Gasteiger partial charge in [-0.2, -0.15) is 0 Å². The average Bonchev–Trinajstić information content (AvgIpc) is 3.02. The van der Waals surface area contributed by atoms with Gasteiger partial charge in [-0.15, -0.1) is 11.3 Å². The second-order valence-electron chi connectivity index (χ2n) is 10.6. The molecule has 1 N–H and O–H groups in total. The monoisotopic (exact) mass is 420 g/mol. The summed E-state index contributed by atoms with van der Waals surface area (Å²) in [5.74, 6) is 0.828. The smallest absolute Gasteiger partial charge is 0.407 e. The number of alkyl carbamates (subject to hydrolysis) is 1. The van der Waals surface area contributed by atoms with Crippen molar-refractivity contribution in [2.75, 3.05) is 13.1 Å². The number of likely N-dealkylation sites (tertiary alicyclic amines) is 1. The van der Waals surface area contributed by atoms with Crippen molar-refractivity contribution in [1.82, 2.24) is 10.2 Å². The van der Waals surface area contributed by atoms with Crippen LogP contribution in [0.3, 0.4) is 0 Å². The Hall–Kier alpha value is -1.56. The highest BCUT2D eigenvalue weighted by atomic mass is 32.1. The summed E-state index contributed by atoms with van der Waals surface area (Å²) in [6, 6.07) is 2.21. The van der Waals surface area contributed by atoms with Gasteiger partial charge in [-0.1, -0.05) is 20.8 Å². The van der Waals surface area contributed by atoms with E-state index in [-0.39, 0.29) is 18.0 Å². The van der Waals surface area contributed by atoms with Crippen LogP contribution in [0.1, 0.15) is 80.9 Å². The molecule has 0 spiro atoms. The van der Waals surface area contributed by atoms with Crippen LogP contribution in [0.2, 0.25) is 0 Å². The van der Waals surface area contributed by atoms with E-state index in [0.717, 1.165) is 30.6 Å². The van der Waals surface area contributed by atoms with Gasteiger partial charge in [-0.05, 0) is 75.8 Å². The van der Waals surface area contributed by atoms with Gasteiger partial charge < -0.3 is 15.0 Å². The predicted octanol–water partition coefficient (Wildman–Crippen LogP) is 5.03. The molecule has 0 bridgehead atoms. The summed E-state index contributed by atoms with van der Waals surface area (Å²) in [7, 11) is 0. The lowest BCUT2D eigenvalue weighted by Crippen LogP contribution is -2.47. The van der Waals surface area contributed by atoms with Crippen molar-refractivity contribution >= 4 is 23.3 Å². The summed E-state index contributed by atoms with van der Waals surface area (Å²) in [6.07, 6.45) is 4.56. The topological polar surface area (TPSA) is 58.6 Å². The summed E-state index contributed by atoms with van der Waals surface area (Å²) in [4.78, 5) is 29.2. The average molecular weight is 421 g/mol. The Kier molecular flexibility index (Phi) is 6.32. The van der Waals surface area contributed by atoms with Crippen LogP contribution in [-0.4, -0.2) is 41.6 Å². The number of piperidine rings is 1. The van der Waals surface area contributed by atoms with Gasteiger partial charge in [-0.25, -0.2) is 4.79 Å². The third-order valence-corrected chi connectivity index (χ3v) is 7.25. The Morgan fingerprint density at radius 2 is 1.76 bits per heavy atom. The van der Waals surface area contributed by atoms with Gasteiger partial charge in [0, 0.05) is 24.0 Å². The number of nitrogens with one attached hydrogen (secondary N) is 1.